The molecule has 0 bridgehead atoms. The van der Waals surface area contributed by atoms with Crippen LogP contribution in [0.15, 0.2) is 18.2 Å². The Morgan fingerprint density at radius 1 is 1.37 bits per heavy atom. The molecule has 0 spiro atoms. The summed E-state index contributed by atoms with van der Waals surface area (Å²) in [5.41, 5.74) is 0.373. The van der Waals surface area contributed by atoms with E-state index in [2.05, 4.69) is 6.07 Å². The molecular formula is C14H16N2O3. The molecule has 1 aliphatic carbocycles. The molecule has 0 aromatic heterocycles. The highest BCUT2D eigenvalue weighted by Crippen LogP contribution is 2.28. The molecule has 1 aromatic carbocycles. The number of aromatic hydroxyl groups is 2. The molecule has 2 N–H and O–H groups in total. The van der Waals surface area contributed by atoms with Crippen LogP contribution in [0.2, 0.25) is 0 Å². The van der Waals surface area contributed by atoms with Crippen molar-refractivity contribution in [2.24, 2.45) is 0 Å². The molecule has 1 aromatic rings. The maximum atomic E-state index is 12.1. The number of Topliss-reactive ketones (excluding diaryl/α,β-unsaturated/α-hetero) is 1. The number of phenolic OH excluding ortho intramolecular Hbond substituents is 2. The number of nitriles is 1. The highest BCUT2D eigenvalue weighted by atomic mass is 16.3. The van der Waals surface area contributed by atoms with Gasteiger partial charge in [0.25, 0.3) is 0 Å². The maximum absolute atomic E-state index is 12.1. The van der Waals surface area contributed by atoms with E-state index in [0.29, 0.717) is 24.6 Å². The molecule has 100 valence electrons. The second-order valence-electron chi connectivity index (χ2n) is 4.74. The molecule has 1 aliphatic rings. The lowest BCUT2D eigenvalue weighted by atomic mass is 10.1. The van der Waals surface area contributed by atoms with Crippen LogP contribution in [0.5, 0.6) is 11.5 Å². The molecular weight excluding hydrogens is 244 g/mol. The van der Waals surface area contributed by atoms with Gasteiger partial charge in [0.05, 0.1) is 12.6 Å². The topological polar surface area (TPSA) is 84.6 Å². The van der Waals surface area contributed by atoms with E-state index in [0.717, 1.165) is 12.8 Å². The van der Waals surface area contributed by atoms with Crippen molar-refractivity contribution in [2.45, 2.75) is 25.3 Å². The number of hydrogen-bond acceptors (Lipinski definition) is 5. The molecule has 0 unspecified atom stereocenters. The Balaban J connectivity index is 2.02. The molecule has 0 atom stereocenters. The number of nitrogens with zero attached hydrogens (tertiary/aromatic N) is 2. The van der Waals surface area contributed by atoms with Crippen molar-refractivity contribution in [3.05, 3.63) is 23.8 Å². The Labute approximate surface area is 111 Å². The Morgan fingerprint density at radius 3 is 2.68 bits per heavy atom. The molecule has 0 radical (unpaired) electrons. The van der Waals surface area contributed by atoms with Gasteiger partial charge in [-0.25, -0.2) is 0 Å². The molecule has 2 rings (SSSR count). The average molecular weight is 260 g/mol. The van der Waals surface area contributed by atoms with Gasteiger partial charge < -0.3 is 10.2 Å². The summed E-state index contributed by atoms with van der Waals surface area (Å²) < 4.78 is 0. The standard InChI is InChI=1S/C14H16N2O3/c15-6-1-7-16(11-3-4-11)9-14(19)10-2-5-12(17)13(18)8-10/h2,5,8,11,17-18H,1,3-4,7,9H2. The van der Waals surface area contributed by atoms with Crippen molar-refractivity contribution in [1.82, 2.24) is 4.90 Å². The predicted octanol–water partition coefficient (Wildman–Crippen LogP) is 1.66. The third kappa shape index (κ3) is 3.46. The fraction of sp³-hybridized carbons (Fsp3) is 0.429. The van der Waals surface area contributed by atoms with Crippen LogP contribution in [-0.4, -0.2) is 40.0 Å². The third-order valence-electron chi connectivity index (χ3n) is 3.22. The largest absolute Gasteiger partial charge is 0.504 e. The first-order chi connectivity index (χ1) is 9.11. The molecule has 1 saturated carbocycles. The lowest BCUT2D eigenvalue weighted by Gasteiger charge is -2.19. The summed E-state index contributed by atoms with van der Waals surface area (Å²) in [6, 6.07) is 6.56. The SMILES string of the molecule is N#CCCN(CC(=O)c1ccc(O)c(O)c1)C1CC1. The molecule has 5 heteroatoms. The summed E-state index contributed by atoms with van der Waals surface area (Å²) in [6.07, 6.45) is 2.55. The van der Waals surface area contributed by atoms with Crippen LogP contribution < -0.4 is 0 Å². The minimum absolute atomic E-state index is 0.111. The van der Waals surface area contributed by atoms with Crippen molar-refractivity contribution in [3.63, 3.8) is 0 Å². The molecule has 0 heterocycles. The normalized spacial score (nSPS) is 14.3. The number of rotatable bonds is 6. The van der Waals surface area contributed by atoms with Gasteiger partial charge in [0.2, 0.25) is 0 Å². The van der Waals surface area contributed by atoms with Gasteiger partial charge in [0.15, 0.2) is 17.3 Å². The highest BCUT2D eigenvalue weighted by molar-refractivity contribution is 5.98. The zero-order chi connectivity index (χ0) is 13.8. The number of carbonyl (C=O) groups is 1. The lowest BCUT2D eigenvalue weighted by molar-refractivity contribution is 0.0926. The fourth-order valence-electron chi connectivity index (χ4n) is 2.00. The van der Waals surface area contributed by atoms with Gasteiger partial charge >= 0.3 is 0 Å². The summed E-state index contributed by atoms with van der Waals surface area (Å²) in [4.78, 5) is 14.1. The number of carbonyl (C=O) groups excluding carboxylic acids is 1. The van der Waals surface area contributed by atoms with Crippen LogP contribution in [0, 0.1) is 11.3 Å². The minimum atomic E-state index is -0.291. The number of phenols is 2. The summed E-state index contributed by atoms with van der Waals surface area (Å²) in [5, 5.41) is 27.2. The van der Waals surface area contributed by atoms with Crippen molar-refractivity contribution < 1.29 is 15.0 Å². The van der Waals surface area contributed by atoms with E-state index in [1.165, 1.54) is 18.2 Å². The Kier molecular flexibility index (Phi) is 4.03. The van der Waals surface area contributed by atoms with Gasteiger partial charge in [-0.2, -0.15) is 5.26 Å². The van der Waals surface area contributed by atoms with Crippen LogP contribution >= 0.6 is 0 Å². The van der Waals surface area contributed by atoms with Crippen molar-refractivity contribution in [2.75, 3.05) is 13.1 Å². The van der Waals surface area contributed by atoms with Crippen LogP contribution in [0.4, 0.5) is 0 Å². The summed E-state index contributed by atoms with van der Waals surface area (Å²) in [5.74, 6) is -0.638. The van der Waals surface area contributed by atoms with Gasteiger partial charge in [-0.15, -0.1) is 0 Å². The predicted molar refractivity (Wildman–Crippen MR) is 68.9 cm³/mol. The summed E-state index contributed by atoms with van der Waals surface area (Å²) >= 11 is 0. The summed E-state index contributed by atoms with van der Waals surface area (Å²) in [7, 11) is 0. The van der Waals surface area contributed by atoms with Crippen molar-refractivity contribution >= 4 is 5.78 Å². The molecule has 5 nitrogen and oxygen atoms in total. The van der Waals surface area contributed by atoms with E-state index in [-0.39, 0.29) is 23.8 Å². The zero-order valence-electron chi connectivity index (χ0n) is 10.5. The third-order valence-corrected chi connectivity index (χ3v) is 3.22. The van der Waals surface area contributed by atoms with E-state index in [4.69, 9.17) is 5.26 Å². The first-order valence-electron chi connectivity index (χ1n) is 6.28. The smallest absolute Gasteiger partial charge is 0.176 e. The molecule has 1 fully saturated rings. The highest BCUT2D eigenvalue weighted by Gasteiger charge is 2.30. The summed E-state index contributed by atoms with van der Waals surface area (Å²) in [6.45, 7) is 0.841. The average Bonchev–Trinajstić information content (AvgIpc) is 3.21. The van der Waals surface area contributed by atoms with Crippen LogP contribution in [-0.2, 0) is 0 Å². The molecule has 0 aliphatic heterocycles. The number of benzene rings is 1. The van der Waals surface area contributed by atoms with E-state index in [1.807, 2.05) is 4.90 Å². The van der Waals surface area contributed by atoms with Crippen LogP contribution in [0.3, 0.4) is 0 Å². The van der Waals surface area contributed by atoms with E-state index >= 15 is 0 Å². The van der Waals surface area contributed by atoms with E-state index < -0.39 is 0 Å². The van der Waals surface area contributed by atoms with Gasteiger partial charge in [-0.1, -0.05) is 0 Å². The zero-order valence-corrected chi connectivity index (χ0v) is 10.5. The Bertz CT molecular complexity index is 518. The minimum Gasteiger partial charge on any atom is -0.504 e. The van der Waals surface area contributed by atoms with Crippen molar-refractivity contribution in [3.8, 4) is 17.6 Å². The second-order valence-corrected chi connectivity index (χ2v) is 4.74. The van der Waals surface area contributed by atoms with E-state index in [9.17, 15) is 15.0 Å². The monoisotopic (exact) mass is 260 g/mol. The van der Waals surface area contributed by atoms with Gasteiger partial charge in [-0.3, -0.25) is 9.69 Å². The lowest BCUT2D eigenvalue weighted by Crippen LogP contribution is -2.32. The van der Waals surface area contributed by atoms with Gasteiger partial charge in [-0.05, 0) is 31.0 Å². The van der Waals surface area contributed by atoms with Crippen LogP contribution in [0.25, 0.3) is 0 Å². The van der Waals surface area contributed by atoms with Gasteiger partial charge in [0.1, 0.15) is 0 Å². The van der Waals surface area contributed by atoms with Gasteiger partial charge in [0, 0.05) is 24.6 Å². The number of hydrogen-bond donors (Lipinski definition) is 2. The Morgan fingerprint density at radius 2 is 2.11 bits per heavy atom. The molecule has 19 heavy (non-hydrogen) atoms. The fourth-order valence-corrected chi connectivity index (χ4v) is 2.00. The van der Waals surface area contributed by atoms with E-state index in [1.54, 1.807) is 0 Å². The van der Waals surface area contributed by atoms with Crippen molar-refractivity contribution in [1.29, 1.82) is 5.26 Å². The maximum Gasteiger partial charge on any atom is 0.176 e. The molecule has 0 amide bonds. The first kappa shape index (κ1) is 13.4. The quantitative estimate of drug-likeness (QED) is 0.600. The second kappa shape index (κ2) is 5.72. The number of ketones is 1. The Hall–Kier alpha value is -2.06. The molecule has 0 saturated heterocycles. The first-order valence-corrected chi connectivity index (χ1v) is 6.28. The van der Waals surface area contributed by atoms with Crippen LogP contribution in [0.1, 0.15) is 29.6 Å².